The maximum Gasteiger partial charge on any atom is 0.280 e. The van der Waals surface area contributed by atoms with Crippen LogP contribution in [-0.4, -0.2) is 38.8 Å². The number of rotatable bonds is 6. The highest BCUT2D eigenvalue weighted by atomic mass is 16.5. The monoisotopic (exact) mass is 252 g/mol. The fourth-order valence-electron chi connectivity index (χ4n) is 1.36. The quantitative estimate of drug-likeness (QED) is 0.717. The summed E-state index contributed by atoms with van der Waals surface area (Å²) < 4.78 is 10.5. The molecule has 0 saturated carbocycles. The minimum Gasteiger partial charge on any atom is -0.379 e. The third kappa shape index (κ3) is 2.71. The summed E-state index contributed by atoms with van der Waals surface area (Å²) in [6.07, 6.45) is 2.44. The zero-order valence-electron chi connectivity index (χ0n) is 10.4. The molecule has 1 atom stereocenters. The molecule has 0 amide bonds. The predicted molar refractivity (Wildman–Crippen MR) is 62.3 cm³/mol. The van der Waals surface area contributed by atoms with Crippen molar-refractivity contribution < 1.29 is 9.26 Å². The van der Waals surface area contributed by atoms with Crippen molar-refractivity contribution in [2.45, 2.75) is 25.8 Å². The van der Waals surface area contributed by atoms with Crippen molar-refractivity contribution in [1.29, 1.82) is 0 Å². The number of nitrogens with zero attached hydrogens (tertiary/aromatic N) is 4. The Hall–Kier alpha value is -1.80. The summed E-state index contributed by atoms with van der Waals surface area (Å²) in [5.74, 6) is 0.669. The van der Waals surface area contributed by atoms with E-state index in [1.807, 2.05) is 6.92 Å². The fourth-order valence-corrected chi connectivity index (χ4v) is 1.36. The predicted octanol–water partition coefficient (Wildman–Crippen LogP) is 0.455. The van der Waals surface area contributed by atoms with Crippen LogP contribution in [0.25, 0.3) is 11.6 Å². The van der Waals surface area contributed by atoms with E-state index < -0.39 is 5.54 Å². The number of ether oxygens (including phenoxy) is 1. The molecule has 8 heteroatoms. The first-order chi connectivity index (χ1) is 8.63. The summed E-state index contributed by atoms with van der Waals surface area (Å²) in [5, 5.41) is 13.8. The van der Waals surface area contributed by atoms with E-state index in [1.165, 1.54) is 6.20 Å². The maximum atomic E-state index is 6.09. The molecule has 0 aliphatic rings. The lowest BCUT2D eigenvalue weighted by Gasteiger charge is -2.19. The van der Waals surface area contributed by atoms with Crippen molar-refractivity contribution >= 4 is 0 Å². The summed E-state index contributed by atoms with van der Waals surface area (Å²) in [6, 6.07) is 0. The van der Waals surface area contributed by atoms with Crippen LogP contribution in [0.2, 0.25) is 0 Å². The minimum absolute atomic E-state index is 0.283. The van der Waals surface area contributed by atoms with Gasteiger partial charge in [0.1, 0.15) is 5.54 Å². The Morgan fingerprint density at radius 2 is 2.39 bits per heavy atom. The molecule has 98 valence electrons. The first kappa shape index (κ1) is 12.7. The van der Waals surface area contributed by atoms with Gasteiger partial charge in [0.15, 0.2) is 11.5 Å². The van der Waals surface area contributed by atoms with E-state index in [1.54, 1.807) is 6.92 Å². The number of nitrogens with one attached hydrogen (secondary N) is 1. The van der Waals surface area contributed by atoms with Crippen LogP contribution in [-0.2, 0) is 10.3 Å². The van der Waals surface area contributed by atoms with Gasteiger partial charge in [-0.25, -0.2) is 0 Å². The summed E-state index contributed by atoms with van der Waals surface area (Å²) in [6.45, 7) is 4.81. The van der Waals surface area contributed by atoms with Crippen molar-refractivity contribution in [3.63, 3.8) is 0 Å². The van der Waals surface area contributed by atoms with Gasteiger partial charge in [0.25, 0.3) is 5.89 Å². The van der Waals surface area contributed by atoms with Crippen molar-refractivity contribution in [3.8, 4) is 11.6 Å². The Morgan fingerprint density at radius 1 is 1.56 bits per heavy atom. The van der Waals surface area contributed by atoms with E-state index in [0.29, 0.717) is 24.7 Å². The highest BCUT2D eigenvalue weighted by Crippen LogP contribution is 2.19. The zero-order valence-corrected chi connectivity index (χ0v) is 10.4. The molecule has 2 rings (SSSR count). The second kappa shape index (κ2) is 5.23. The van der Waals surface area contributed by atoms with Gasteiger partial charge in [0, 0.05) is 6.61 Å². The molecule has 0 aliphatic carbocycles. The van der Waals surface area contributed by atoms with E-state index in [-0.39, 0.29) is 5.89 Å². The number of hydrogen-bond acceptors (Lipinski definition) is 7. The molecule has 2 aromatic heterocycles. The van der Waals surface area contributed by atoms with Crippen molar-refractivity contribution in [3.05, 3.63) is 12.0 Å². The maximum absolute atomic E-state index is 6.09. The molecule has 0 aromatic carbocycles. The molecule has 2 heterocycles. The van der Waals surface area contributed by atoms with Crippen LogP contribution in [0.3, 0.4) is 0 Å². The Balaban J connectivity index is 2.09. The fraction of sp³-hybridized carbons (Fsp3) is 0.600. The number of hydrogen-bond donors (Lipinski definition) is 2. The molecule has 0 radical (unpaired) electrons. The SMILES string of the molecule is CCCOCC(C)(N)c1noc(-c2cn[nH]n2)n1. The minimum atomic E-state index is -0.791. The van der Waals surface area contributed by atoms with E-state index >= 15 is 0 Å². The lowest BCUT2D eigenvalue weighted by atomic mass is 10.1. The van der Waals surface area contributed by atoms with Crippen molar-refractivity contribution in [2.75, 3.05) is 13.2 Å². The second-order valence-electron chi connectivity index (χ2n) is 4.25. The van der Waals surface area contributed by atoms with E-state index in [9.17, 15) is 0 Å². The molecular weight excluding hydrogens is 236 g/mol. The second-order valence-corrected chi connectivity index (χ2v) is 4.25. The molecule has 18 heavy (non-hydrogen) atoms. The topological polar surface area (TPSA) is 116 Å². The molecule has 0 aliphatic heterocycles. The van der Waals surface area contributed by atoms with Gasteiger partial charge in [-0.1, -0.05) is 12.1 Å². The molecule has 8 nitrogen and oxygen atoms in total. The van der Waals surface area contributed by atoms with Crippen LogP contribution in [0.15, 0.2) is 10.7 Å². The summed E-state index contributed by atoms with van der Waals surface area (Å²) in [7, 11) is 0. The summed E-state index contributed by atoms with van der Waals surface area (Å²) >= 11 is 0. The molecule has 2 aromatic rings. The Morgan fingerprint density at radius 3 is 3.06 bits per heavy atom. The number of aromatic amines is 1. The highest BCUT2D eigenvalue weighted by Gasteiger charge is 2.28. The van der Waals surface area contributed by atoms with Crippen molar-refractivity contribution in [1.82, 2.24) is 25.6 Å². The van der Waals surface area contributed by atoms with Gasteiger partial charge in [-0.15, -0.1) is 0 Å². The average molecular weight is 252 g/mol. The van der Waals surface area contributed by atoms with E-state index in [0.717, 1.165) is 6.42 Å². The lowest BCUT2D eigenvalue weighted by molar-refractivity contribution is 0.0867. The van der Waals surface area contributed by atoms with E-state index in [2.05, 4.69) is 25.6 Å². The largest absolute Gasteiger partial charge is 0.379 e. The standard InChI is InChI=1S/C10H16N6O2/c1-3-4-17-6-10(2,11)9-13-8(18-15-9)7-5-12-16-14-7/h5H,3-4,6,11H2,1-2H3,(H,12,14,16). The third-order valence-electron chi connectivity index (χ3n) is 2.32. The van der Waals surface area contributed by atoms with Gasteiger partial charge in [0.05, 0.1) is 12.8 Å². The Bertz CT molecular complexity index is 478. The smallest absolute Gasteiger partial charge is 0.280 e. The van der Waals surface area contributed by atoms with Gasteiger partial charge in [-0.2, -0.15) is 20.4 Å². The number of H-pyrrole nitrogens is 1. The van der Waals surface area contributed by atoms with Crippen LogP contribution in [0.1, 0.15) is 26.1 Å². The number of nitrogens with two attached hydrogens (primary N) is 1. The van der Waals surface area contributed by atoms with Gasteiger partial charge in [-0.3, -0.25) is 0 Å². The highest BCUT2D eigenvalue weighted by molar-refractivity contribution is 5.43. The van der Waals surface area contributed by atoms with Crippen LogP contribution in [0, 0.1) is 0 Å². The third-order valence-corrected chi connectivity index (χ3v) is 2.32. The lowest BCUT2D eigenvalue weighted by Crippen LogP contribution is -2.39. The molecule has 0 saturated heterocycles. The molecule has 1 unspecified atom stereocenters. The van der Waals surface area contributed by atoms with Crippen LogP contribution in [0.4, 0.5) is 0 Å². The van der Waals surface area contributed by atoms with Crippen LogP contribution < -0.4 is 5.73 Å². The first-order valence-corrected chi connectivity index (χ1v) is 5.70. The average Bonchev–Trinajstić information content (AvgIpc) is 3.00. The van der Waals surface area contributed by atoms with Crippen LogP contribution >= 0.6 is 0 Å². The molecule has 3 N–H and O–H groups in total. The first-order valence-electron chi connectivity index (χ1n) is 5.70. The molecule has 0 fully saturated rings. The number of aromatic nitrogens is 5. The normalized spacial score (nSPS) is 14.6. The van der Waals surface area contributed by atoms with Gasteiger partial charge < -0.3 is 15.0 Å². The molecule has 0 spiro atoms. The van der Waals surface area contributed by atoms with Gasteiger partial charge >= 0.3 is 0 Å². The van der Waals surface area contributed by atoms with Crippen LogP contribution in [0.5, 0.6) is 0 Å². The Labute approximate surface area is 104 Å². The van der Waals surface area contributed by atoms with E-state index in [4.69, 9.17) is 15.0 Å². The summed E-state index contributed by atoms with van der Waals surface area (Å²) in [4.78, 5) is 4.20. The Kier molecular flexibility index (Phi) is 3.68. The zero-order chi connectivity index (χ0) is 13.0. The summed E-state index contributed by atoms with van der Waals surface area (Å²) in [5.41, 5.74) is 5.79. The molecular formula is C10H16N6O2. The van der Waals surface area contributed by atoms with Gasteiger partial charge in [0.2, 0.25) is 0 Å². The van der Waals surface area contributed by atoms with Crippen molar-refractivity contribution in [2.24, 2.45) is 5.73 Å². The molecule has 0 bridgehead atoms. The van der Waals surface area contributed by atoms with Gasteiger partial charge in [-0.05, 0) is 13.3 Å².